The Morgan fingerprint density at radius 3 is 2.58 bits per heavy atom. The first-order valence-electron chi connectivity index (χ1n) is 10.3. The molecule has 0 amide bonds. The largest absolute Gasteiger partial charge is 0.297 e. The van der Waals surface area contributed by atoms with E-state index in [1.54, 1.807) is 16.8 Å². The summed E-state index contributed by atoms with van der Waals surface area (Å²) in [5.41, 5.74) is 2.61. The fourth-order valence-corrected chi connectivity index (χ4v) is 4.09. The van der Waals surface area contributed by atoms with Crippen LogP contribution in [0.2, 0.25) is 0 Å². The van der Waals surface area contributed by atoms with E-state index in [1.807, 2.05) is 65.1 Å². The predicted molar refractivity (Wildman–Crippen MR) is 120 cm³/mol. The van der Waals surface area contributed by atoms with Gasteiger partial charge in [0.15, 0.2) is 10.6 Å². The predicted octanol–water partition coefficient (Wildman–Crippen LogP) is 4.83. The van der Waals surface area contributed by atoms with Crippen molar-refractivity contribution in [1.82, 2.24) is 29.0 Å². The van der Waals surface area contributed by atoms with Crippen molar-refractivity contribution in [3.63, 3.8) is 0 Å². The summed E-state index contributed by atoms with van der Waals surface area (Å²) in [5.74, 6) is 0.328. The number of halogens is 1. The Hall–Kier alpha value is -3.10. The molecule has 8 heteroatoms. The minimum atomic E-state index is -0.279. The van der Waals surface area contributed by atoms with Crippen LogP contribution in [0.15, 0.2) is 67.0 Å². The van der Waals surface area contributed by atoms with Crippen LogP contribution >= 0.6 is 12.2 Å². The van der Waals surface area contributed by atoms with Gasteiger partial charge < -0.3 is 0 Å². The molecule has 0 spiro atoms. The van der Waals surface area contributed by atoms with E-state index in [0.29, 0.717) is 35.4 Å². The van der Waals surface area contributed by atoms with Crippen LogP contribution in [0.3, 0.4) is 0 Å². The molecule has 4 aromatic rings. The second-order valence-corrected chi connectivity index (χ2v) is 8.34. The molecule has 1 aliphatic carbocycles. The molecule has 2 aromatic carbocycles. The lowest BCUT2D eigenvalue weighted by molar-refractivity contribution is 0.244. The molecule has 0 aliphatic heterocycles. The van der Waals surface area contributed by atoms with E-state index in [0.717, 1.165) is 24.1 Å². The molecule has 0 radical (unpaired) electrons. The maximum atomic E-state index is 14.5. The molecule has 0 N–H and O–H groups in total. The molecule has 2 heterocycles. The molecule has 31 heavy (non-hydrogen) atoms. The summed E-state index contributed by atoms with van der Waals surface area (Å²) in [6.45, 7) is 1.20. The minimum absolute atomic E-state index is 0.279. The zero-order valence-electron chi connectivity index (χ0n) is 17.2. The monoisotopic (exact) mass is 434 g/mol. The van der Waals surface area contributed by atoms with Crippen molar-refractivity contribution >= 4 is 12.2 Å². The van der Waals surface area contributed by atoms with Gasteiger partial charge >= 0.3 is 0 Å². The molecule has 1 aliphatic rings. The molecule has 0 bridgehead atoms. The van der Waals surface area contributed by atoms with Crippen LogP contribution in [0.4, 0.5) is 4.39 Å². The standard InChI is InChI=1S/C23H23FN6S/c1-27(14-17-13-25-28(15-17)18-7-3-2-4-8-18)16-29-23(31)30(19-11-12-19)22(26-29)20-9-5-6-10-21(20)24/h2-10,13,15,19H,11-12,14,16H2,1H3. The Morgan fingerprint density at radius 1 is 1.10 bits per heavy atom. The lowest BCUT2D eigenvalue weighted by Crippen LogP contribution is -2.22. The van der Waals surface area contributed by atoms with Gasteiger partial charge in [-0.05, 0) is 56.4 Å². The SMILES string of the molecule is CN(Cc1cnn(-c2ccccc2)c1)Cn1nc(-c2ccccc2F)n(C2CC2)c1=S. The number of para-hydroxylation sites is 1. The van der Waals surface area contributed by atoms with Gasteiger partial charge in [0.05, 0.1) is 24.1 Å². The number of nitrogens with zero attached hydrogens (tertiary/aromatic N) is 6. The van der Waals surface area contributed by atoms with Gasteiger partial charge in [0, 0.05) is 24.3 Å². The highest BCUT2D eigenvalue weighted by Gasteiger charge is 2.30. The molecule has 158 valence electrons. The van der Waals surface area contributed by atoms with Crippen molar-refractivity contribution in [3.8, 4) is 17.1 Å². The van der Waals surface area contributed by atoms with E-state index < -0.39 is 0 Å². The Bertz CT molecular complexity index is 1250. The number of aromatic nitrogens is 5. The number of benzene rings is 2. The highest BCUT2D eigenvalue weighted by molar-refractivity contribution is 7.71. The Balaban J connectivity index is 1.37. The Morgan fingerprint density at radius 2 is 1.84 bits per heavy atom. The second-order valence-electron chi connectivity index (χ2n) is 7.97. The Kier molecular flexibility index (Phi) is 5.25. The van der Waals surface area contributed by atoms with E-state index in [4.69, 9.17) is 17.3 Å². The maximum absolute atomic E-state index is 14.5. The molecular weight excluding hydrogens is 411 g/mol. The van der Waals surface area contributed by atoms with Crippen LogP contribution < -0.4 is 0 Å². The fourth-order valence-electron chi connectivity index (χ4n) is 3.75. The third kappa shape index (κ3) is 4.08. The van der Waals surface area contributed by atoms with Crippen LogP contribution in [0.1, 0.15) is 24.4 Å². The summed E-state index contributed by atoms with van der Waals surface area (Å²) in [5, 5.41) is 9.17. The van der Waals surface area contributed by atoms with Crippen molar-refractivity contribution in [1.29, 1.82) is 0 Å². The molecular formula is C23H23FN6S. The molecule has 0 atom stereocenters. The van der Waals surface area contributed by atoms with E-state index >= 15 is 0 Å². The molecule has 6 nitrogen and oxygen atoms in total. The zero-order valence-corrected chi connectivity index (χ0v) is 18.0. The average molecular weight is 435 g/mol. The summed E-state index contributed by atoms with van der Waals surface area (Å²) < 4.78 is 20.8. The fraction of sp³-hybridized carbons (Fsp3) is 0.261. The number of rotatable bonds is 7. The van der Waals surface area contributed by atoms with Gasteiger partial charge in [0.2, 0.25) is 0 Å². The van der Waals surface area contributed by atoms with Gasteiger partial charge in [0.25, 0.3) is 0 Å². The van der Waals surface area contributed by atoms with Crippen LogP contribution in [0, 0.1) is 10.6 Å². The van der Waals surface area contributed by atoms with E-state index in [1.165, 1.54) is 6.07 Å². The van der Waals surface area contributed by atoms with Gasteiger partial charge in [-0.2, -0.15) is 10.2 Å². The highest BCUT2D eigenvalue weighted by Crippen LogP contribution is 2.39. The van der Waals surface area contributed by atoms with Gasteiger partial charge in [-0.1, -0.05) is 30.3 Å². The van der Waals surface area contributed by atoms with Crippen molar-refractivity contribution in [2.24, 2.45) is 0 Å². The average Bonchev–Trinajstić information content (AvgIpc) is 3.42. The summed E-state index contributed by atoms with van der Waals surface area (Å²) in [6.07, 6.45) is 6.00. The lowest BCUT2D eigenvalue weighted by Gasteiger charge is -2.15. The summed E-state index contributed by atoms with van der Waals surface area (Å²) in [6, 6.07) is 17.1. The molecule has 0 unspecified atom stereocenters. The number of hydrogen-bond donors (Lipinski definition) is 0. The van der Waals surface area contributed by atoms with Crippen molar-refractivity contribution in [2.45, 2.75) is 32.1 Å². The first-order valence-corrected chi connectivity index (χ1v) is 10.7. The van der Waals surface area contributed by atoms with Crippen molar-refractivity contribution < 1.29 is 4.39 Å². The third-order valence-electron chi connectivity index (χ3n) is 5.38. The van der Waals surface area contributed by atoms with Crippen LogP contribution in [0.25, 0.3) is 17.1 Å². The van der Waals surface area contributed by atoms with Crippen molar-refractivity contribution in [2.75, 3.05) is 7.05 Å². The summed E-state index contributed by atoms with van der Waals surface area (Å²) in [4.78, 5) is 2.12. The molecule has 2 aromatic heterocycles. The normalized spacial score (nSPS) is 13.8. The quantitative estimate of drug-likeness (QED) is 0.391. The summed E-state index contributed by atoms with van der Waals surface area (Å²) >= 11 is 5.72. The molecule has 0 saturated heterocycles. The van der Waals surface area contributed by atoms with Gasteiger partial charge in [0.1, 0.15) is 5.82 Å². The topological polar surface area (TPSA) is 43.8 Å². The minimum Gasteiger partial charge on any atom is -0.297 e. The molecule has 1 saturated carbocycles. The third-order valence-corrected chi connectivity index (χ3v) is 5.79. The van der Waals surface area contributed by atoms with Crippen LogP contribution in [-0.4, -0.2) is 36.1 Å². The smallest absolute Gasteiger partial charge is 0.199 e. The van der Waals surface area contributed by atoms with E-state index in [2.05, 4.69) is 10.00 Å². The van der Waals surface area contributed by atoms with E-state index in [9.17, 15) is 4.39 Å². The van der Waals surface area contributed by atoms with Crippen LogP contribution in [0.5, 0.6) is 0 Å². The highest BCUT2D eigenvalue weighted by atomic mass is 32.1. The maximum Gasteiger partial charge on any atom is 0.199 e. The zero-order chi connectivity index (χ0) is 21.4. The first-order chi connectivity index (χ1) is 15.1. The van der Waals surface area contributed by atoms with Gasteiger partial charge in [-0.15, -0.1) is 0 Å². The molecule has 5 rings (SSSR count). The number of hydrogen-bond acceptors (Lipinski definition) is 4. The van der Waals surface area contributed by atoms with Gasteiger partial charge in [-0.3, -0.25) is 9.47 Å². The van der Waals surface area contributed by atoms with Crippen molar-refractivity contribution in [3.05, 3.63) is 83.1 Å². The summed E-state index contributed by atoms with van der Waals surface area (Å²) in [7, 11) is 2.01. The van der Waals surface area contributed by atoms with E-state index in [-0.39, 0.29) is 5.82 Å². The molecule has 1 fully saturated rings. The Labute approximate surface area is 185 Å². The van der Waals surface area contributed by atoms with Gasteiger partial charge in [-0.25, -0.2) is 13.8 Å². The first kappa shape index (κ1) is 19.8. The van der Waals surface area contributed by atoms with Crippen LogP contribution in [-0.2, 0) is 13.2 Å². The lowest BCUT2D eigenvalue weighted by atomic mass is 10.2. The second kappa shape index (κ2) is 8.20.